The van der Waals surface area contributed by atoms with Crippen LogP contribution in [0.5, 0.6) is 5.75 Å². The molecule has 1 unspecified atom stereocenters. The molecule has 2 N–H and O–H groups in total. The number of benzene rings is 2. The highest BCUT2D eigenvalue weighted by atomic mass is 35.5. The normalized spacial score (nSPS) is 20.8. The Morgan fingerprint density at radius 2 is 1.67 bits per heavy atom. The van der Waals surface area contributed by atoms with Crippen LogP contribution in [0, 0.1) is 11.6 Å². The Morgan fingerprint density at radius 1 is 0.959 bits per heavy atom. The van der Waals surface area contributed by atoms with Gasteiger partial charge in [-0.3, -0.25) is 19.4 Å². The molecule has 0 bridgehead atoms. The van der Waals surface area contributed by atoms with Crippen LogP contribution in [-0.4, -0.2) is 90.7 Å². The number of ether oxygens (including phenoxy) is 1. The maximum atomic E-state index is 15.0. The number of nitrogens with one attached hydrogen (secondary N) is 2. The van der Waals surface area contributed by atoms with Crippen molar-refractivity contribution in [2.75, 3.05) is 73.6 Å². The first-order valence-electron chi connectivity index (χ1n) is 16.9. The lowest BCUT2D eigenvalue weighted by Crippen LogP contribution is -2.53. The van der Waals surface area contributed by atoms with Crippen LogP contribution in [0.15, 0.2) is 49.3 Å². The minimum atomic E-state index is -0.703. The second-order valence-corrected chi connectivity index (χ2v) is 13.3. The SMILES string of the molecule is C=CC(=O)Nc1cc(Nc2cc(N3OCCC3c3cc(F)cc(Cl)c3F)ncn2)c(OC)cc1N1CCC(N2CCN(C3CC3)CC2)CC1. The number of rotatable bonds is 10. The lowest BCUT2D eigenvalue weighted by molar-refractivity contribution is -0.111. The molecule has 1 atom stereocenters. The number of aromatic nitrogens is 2. The third-order valence-corrected chi connectivity index (χ3v) is 10.2. The molecule has 4 heterocycles. The Hall–Kier alpha value is -4.04. The summed E-state index contributed by atoms with van der Waals surface area (Å²) < 4.78 is 35.0. The fraction of sp³-hybridized carbons (Fsp3) is 0.457. The zero-order chi connectivity index (χ0) is 34.1. The molecule has 3 aromatic rings. The largest absolute Gasteiger partial charge is 0.494 e. The molecule has 0 spiro atoms. The topological polar surface area (TPSA) is 98.3 Å². The van der Waals surface area contributed by atoms with Gasteiger partial charge in [0.2, 0.25) is 5.91 Å². The number of methoxy groups -OCH3 is 1. The van der Waals surface area contributed by atoms with Crippen LogP contribution >= 0.6 is 11.6 Å². The fourth-order valence-corrected chi connectivity index (χ4v) is 7.44. The first-order chi connectivity index (χ1) is 23.8. The molecule has 1 amide bonds. The van der Waals surface area contributed by atoms with Crippen LogP contribution in [0.3, 0.4) is 0 Å². The quantitative estimate of drug-likeness (QED) is 0.197. The molecule has 1 aromatic heterocycles. The van der Waals surface area contributed by atoms with Gasteiger partial charge in [0, 0.05) is 75.5 Å². The number of piperidine rings is 1. The number of halogens is 3. The molecule has 11 nitrogen and oxygen atoms in total. The van der Waals surface area contributed by atoms with Gasteiger partial charge in [-0.2, -0.15) is 0 Å². The van der Waals surface area contributed by atoms with Crippen LogP contribution in [0.25, 0.3) is 0 Å². The number of hydrogen-bond acceptors (Lipinski definition) is 10. The Labute approximate surface area is 289 Å². The van der Waals surface area contributed by atoms with E-state index < -0.39 is 17.7 Å². The van der Waals surface area contributed by atoms with Gasteiger partial charge in [-0.25, -0.2) is 23.8 Å². The number of nitrogens with zero attached hydrogens (tertiary/aromatic N) is 6. The maximum absolute atomic E-state index is 15.0. The summed E-state index contributed by atoms with van der Waals surface area (Å²) in [6, 6.07) is 8.17. The standard InChI is InChI=1S/C35H41ClF2N8O3/c1-3-34(47)42-27-18-28(31(48-2)19-30(27)45-9-6-24(7-10-45)44-13-11-43(12-14-44)23-4-5-23)41-32-20-33(40-21-39-32)46-29(8-15-49-46)25-16-22(37)17-26(36)35(25)38/h3,16-21,23-24,29H,1,4-15H2,2H3,(H,42,47)(H,39,40,41). The molecule has 3 saturated heterocycles. The maximum Gasteiger partial charge on any atom is 0.247 e. The summed E-state index contributed by atoms with van der Waals surface area (Å²) in [6.45, 7) is 10.2. The zero-order valence-electron chi connectivity index (χ0n) is 27.5. The van der Waals surface area contributed by atoms with E-state index in [0.29, 0.717) is 41.2 Å². The highest BCUT2D eigenvalue weighted by Gasteiger charge is 2.35. The lowest BCUT2D eigenvalue weighted by Gasteiger charge is -2.43. The summed E-state index contributed by atoms with van der Waals surface area (Å²) >= 11 is 5.94. The van der Waals surface area contributed by atoms with Gasteiger partial charge in [-0.1, -0.05) is 18.2 Å². The smallest absolute Gasteiger partial charge is 0.247 e. The number of carbonyl (C=O) groups is 1. The summed E-state index contributed by atoms with van der Waals surface area (Å²) in [5.74, 6) is -0.381. The lowest BCUT2D eigenvalue weighted by atomic mass is 10.0. The van der Waals surface area contributed by atoms with Gasteiger partial charge < -0.3 is 20.3 Å². The van der Waals surface area contributed by atoms with Gasteiger partial charge in [0.1, 0.15) is 29.5 Å². The van der Waals surface area contributed by atoms with Crippen molar-refractivity contribution >= 4 is 46.2 Å². The van der Waals surface area contributed by atoms with Crippen LogP contribution in [0.2, 0.25) is 5.02 Å². The van der Waals surface area contributed by atoms with Crippen molar-refractivity contribution in [3.8, 4) is 5.75 Å². The van der Waals surface area contributed by atoms with Gasteiger partial charge >= 0.3 is 0 Å². The highest BCUT2D eigenvalue weighted by molar-refractivity contribution is 6.30. The van der Waals surface area contributed by atoms with E-state index in [1.807, 2.05) is 12.1 Å². The first kappa shape index (κ1) is 33.5. The van der Waals surface area contributed by atoms with Crippen LogP contribution in [-0.2, 0) is 9.63 Å². The summed E-state index contributed by atoms with van der Waals surface area (Å²) in [7, 11) is 1.59. The van der Waals surface area contributed by atoms with Gasteiger partial charge in [0.15, 0.2) is 5.82 Å². The fourth-order valence-electron chi connectivity index (χ4n) is 7.23. The molecule has 4 fully saturated rings. The third-order valence-electron chi connectivity index (χ3n) is 9.92. The van der Waals surface area contributed by atoms with Crippen molar-refractivity contribution in [2.24, 2.45) is 0 Å². The molecule has 14 heteroatoms. The van der Waals surface area contributed by atoms with E-state index in [1.54, 1.807) is 13.2 Å². The van der Waals surface area contributed by atoms with E-state index in [4.69, 9.17) is 21.2 Å². The number of carbonyl (C=O) groups excluding carboxylic acids is 1. The molecule has 1 saturated carbocycles. The monoisotopic (exact) mass is 694 g/mol. The minimum Gasteiger partial charge on any atom is -0.494 e. The predicted octanol–water partition coefficient (Wildman–Crippen LogP) is 5.92. The van der Waals surface area contributed by atoms with E-state index in [0.717, 1.165) is 76.0 Å². The zero-order valence-corrected chi connectivity index (χ0v) is 28.3. The van der Waals surface area contributed by atoms with Crippen LogP contribution < -0.4 is 25.3 Å². The van der Waals surface area contributed by atoms with Crippen molar-refractivity contribution in [3.63, 3.8) is 0 Å². The van der Waals surface area contributed by atoms with Crippen molar-refractivity contribution < 1.29 is 23.1 Å². The van der Waals surface area contributed by atoms with E-state index in [1.165, 1.54) is 30.3 Å². The van der Waals surface area contributed by atoms with Crippen molar-refractivity contribution in [1.82, 2.24) is 19.8 Å². The summed E-state index contributed by atoms with van der Waals surface area (Å²) in [5, 5.41) is 7.40. The van der Waals surface area contributed by atoms with E-state index in [2.05, 4.69) is 41.9 Å². The molecular weight excluding hydrogens is 654 g/mol. The molecule has 4 aliphatic rings. The highest BCUT2D eigenvalue weighted by Crippen LogP contribution is 2.41. The Balaban J connectivity index is 1.09. The van der Waals surface area contributed by atoms with Crippen molar-refractivity contribution in [1.29, 1.82) is 0 Å². The first-order valence-corrected chi connectivity index (χ1v) is 17.2. The Bertz CT molecular complexity index is 1700. The predicted molar refractivity (Wildman–Crippen MR) is 186 cm³/mol. The Morgan fingerprint density at radius 3 is 2.35 bits per heavy atom. The van der Waals surface area contributed by atoms with Crippen LogP contribution in [0.4, 0.5) is 37.5 Å². The summed E-state index contributed by atoms with van der Waals surface area (Å²) in [4.78, 5) is 34.7. The number of hydroxylamine groups is 1. The van der Waals surface area contributed by atoms with Gasteiger partial charge in [0.05, 0.1) is 41.8 Å². The molecular formula is C35H41ClF2N8O3. The molecule has 2 aromatic carbocycles. The van der Waals surface area contributed by atoms with Crippen molar-refractivity contribution in [2.45, 2.75) is 50.2 Å². The molecule has 7 rings (SSSR count). The number of piperazine rings is 1. The minimum absolute atomic E-state index is 0.0793. The van der Waals surface area contributed by atoms with E-state index in [9.17, 15) is 13.6 Å². The average Bonchev–Trinajstić information content (AvgIpc) is 3.86. The molecule has 260 valence electrons. The van der Waals surface area contributed by atoms with Gasteiger partial charge in [-0.05, 0) is 50.0 Å². The third kappa shape index (κ3) is 7.30. The van der Waals surface area contributed by atoms with Gasteiger partial charge in [0.25, 0.3) is 0 Å². The average molecular weight is 695 g/mol. The second kappa shape index (κ2) is 14.4. The number of hydrogen-bond donors (Lipinski definition) is 2. The molecule has 49 heavy (non-hydrogen) atoms. The van der Waals surface area contributed by atoms with Crippen LogP contribution in [0.1, 0.15) is 43.7 Å². The number of anilines is 5. The second-order valence-electron chi connectivity index (χ2n) is 12.9. The Kier molecular flexibility index (Phi) is 9.86. The summed E-state index contributed by atoms with van der Waals surface area (Å²) in [6.07, 6.45) is 7.77. The van der Waals surface area contributed by atoms with Crippen molar-refractivity contribution in [3.05, 3.63) is 71.5 Å². The van der Waals surface area contributed by atoms with E-state index >= 15 is 0 Å². The van der Waals surface area contributed by atoms with E-state index in [-0.39, 0.29) is 23.1 Å². The molecule has 0 radical (unpaired) electrons. The van der Waals surface area contributed by atoms with Gasteiger partial charge in [-0.15, -0.1) is 0 Å². The summed E-state index contributed by atoms with van der Waals surface area (Å²) in [5.41, 5.74) is 2.11. The molecule has 3 aliphatic heterocycles. The molecule has 1 aliphatic carbocycles. The number of amides is 1.